The summed E-state index contributed by atoms with van der Waals surface area (Å²) in [5.74, 6) is -0.409. The second kappa shape index (κ2) is 6.18. The second-order valence-electron chi connectivity index (χ2n) is 4.37. The van der Waals surface area contributed by atoms with Gasteiger partial charge in [-0.25, -0.2) is 9.37 Å². The van der Waals surface area contributed by atoms with Gasteiger partial charge in [0.2, 0.25) is 5.91 Å². The van der Waals surface area contributed by atoms with Crippen molar-refractivity contribution in [2.24, 2.45) is 0 Å². The van der Waals surface area contributed by atoms with Crippen molar-refractivity contribution in [1.29, 1.82) is 0 Å². The third-order valence-electron chi connectivity index (χ3n) is 3.03. The maximum Gasteiger partial charge on any atom is 0.243 e. The van der Waals surface area contributed by atoms with Gasteiger partial charge in [0.25, 0.3) is 0 Å². The second-order valence-corrected chi connectivity index (χ2v) is 4.37. The van der Waals surface area contributed by atoms with Crippen molar-refractivity contribution in [1.82, 2.24) is 14.9 Å². The topological polar surface area (TPSA) is 56.1 Å². The molecule has 0 radical (unpaired) electrons. The molecular weight excluding hydrogens is 261 g/mol. The lowest BCUT2D eigenvalue weighted by Gasteiger charge is -2.13. The maximum atomic E-state index is 13.5. The molecule has 1 atom stereocenters. The average Bonchev–Trinajstić information content (AvgIpc) is 2.98. The molecule has 0 saturated carbocycles. The molecule has 106 valence electrons. The standard InChI is InChI=1S/C14H16FN3O2/c1-10(18-6-5-16-9-18)14(19)17-8-11-3-4-13(20-2)12(15)7-11/h3-7,9-10H,8H2,1-2H3,(H,17,19). The van der Waals surface area contributed by atoms with Crippen molar-refractivity contribution in [2.75, 3.05) is 7.11 Å². The van der Waals surface area contributed by atoms with Crippen molar-refractivity contribution >= 4 is 5.91 Å². The first-order valence-corrected chi connectivity index (χ1v) is 6.19. The molecule has 0 fully saturated rings. The smallest absolute Gasteiger partial charge is 0.243 e. The Kier molecular flexibility index (Phi) is 4.34. The number of carbonyl (C=O) groups is 1. The number of hydrogen-bond donors (Lipinski definition) is 1. The van der Waals surface area contributed by atoms with Gasteiger partial charge in [0, 0.05) is 18.9 Å². The minimum Gasteiger partial charge on any atom is -0.494 e. The highest BCUT2D eigenvalue weighted by Gasteiger charge is 2.13. The minimum atomic E-state index is -0.443. The predicted molar refractivity (Wildman–Crippen MR) is 71.7 cm³/mol. The molecule has 20 heavy (non-hydrogen) atoms. The van der Waals surface area contributed by atoms with Crippen LogP contribution in [0.25, 0.3) is 0 Å². The Hall–Kier alpha value is -2.37. The molecule has 1 aromatic carbocycles. The van der Waals surface area contributed by atoms with Crippen LogP contribution in [0.2, 0.25) is 0 Å². The molecule has 1 unspecified atom stereocenters. The van der Waals surface area contributed by atoms with Crippen LogP contribution >= 0.6 is 0 Å². The number of benzene rings is 1. The highest BCUT2D eigenvalue weighted by molar-refractivity contribution is 5.79. The molecule has 2 aromatic rings. The normalized spacial score (nSPS) is 11.9. The van der Waals surface area contributed by atoms with E-state index in [1.807, 2.05) is 0 Å². The summed E-state index contributed by atoms with van der Waals surface area (Å²) in [4.78, 5) is 15.8. The van der Waals surface area contributed by atoms with Gasteiger partial charge in [-0.15, -0.1) is 0 Å². The zero-order chi connectivity index (χ0) is 14.5. The summed E-state index contributed by atoms with van der Waals surface area (Å²) < 4.78 is 20.0. The van der Waals surface area contributed by atoms with Crippen molar-refractivity contribution in [3.63, 3.8) is 0 Å². The lowest BCUT2D eigenvalue weighted by Crippen LogP contribution is -2.30. The Morgan fingerprint density at radius 3 is 2.95 bits per heavy atom. The van der Waals surface area contributed by atoms with E-state index < -0.39 is 5.82 Å². The number of aromatic nitrogens is 2. The Morgan fingerprint density at radius 1 is 1.55 bits per heavy atom. The Labute approximate surface area is 116 Å². The molecule has 5 nitrogen and oxygen atoms in total. The first kappa shape index (κ1) is 14.0. The number of methoxy groups -OCH3 is 1. The molecule has 0 aliphatic rings. The summed E-state index contributed by atoms with van der Waals surface area (Å²) in [7, 11) is 1.41. The Bertz CT molecular complexity index is 584. The fourth-order valence-corrected chi connectivity index (χ4v) is 1.79. The van der Waals surface area contributed by atoms with Crippen LogP contribution in [0.4, 0.5) is 4.39 Å². The number of rotatable bonds is 5. The highest BCUT2D eigenvalue weighted by atomic mass is 19.1. The van der Waals surface area contributed by atoms with Gasteiger partial charge in [-0.2, -0.15) is 0 Å². The number of halogens is 1. The van der Waals surface area contributed by atoms with Crippen LogP contribution < -0.4 is 10.1 Å². The Morgan fingerprint density at radius 2 is 2.35 bits per heavy atom. The van der Waals surface area contributed by atoms with Gasteiger partial charge in [0.05, 0.1) is 13.4 Å². The first-order chi connectivity index (χ1) is 9.61. The van der Waals surface area contributed by atoms with E-state index in [0.717, 1.165) is 0 Å². The lowest BCUT2D eigenvalue weighted by atomic mass is 10.2. The molecular formula is C14H16FN3O2. The summed E-state index contributed by atoms with van der Waals surface area (Å²) >= 11 is 0. The monoisotopic (exact) mass is 277 g/mol. The molecule has 0 saturated heterocycles. The average molecular weight is 277 g/mol. The van der Waals surface area contributed by atoms with E-state index in [0.29, 0.717) is 5.56 Å². The van der Waals surface area contributed by atoms with Gasteiger partial charge in [-0.1, -0.05) is 6.07 Å². The number of carbonyl (C=O) groups excluding carboxylic acids is 1. The zero-order valence-electron chi connectivity index (χ0n) is 11.3. The van der Waals surface area contributed by atoms with Crippen LogP contribution in [0.15, 0.2) is 36.9 Å². The van der Waals surface area contributed by atoms with E-state index in [1.165, 1.54) is 19.2 Å². The lowest BCUT2D eigenvalue weighted by molar-refractivity contribution is -0.124. The van der Waals surface area contributed by atoms with Crippen LogP contribution in [0.3, 0.4) is 0 Å². The van der Waals surface area contributed by atoms with E-state index in [1.54, 1.807) is 36.3 Å². The molecule has 1 aromatic heterocycles. The number of nitrogens with one attached hydrogen (secondary N) is 1. The molecule has 0 bridgehead atoms. The van der Waals surface area contributed by atoms with Crippen molar-refractivity contribution < 1.29 is 13.9 Å². The van der Waals surface area contributed by atoms with Gasteiger partial charge in [-0.05, 0) is 24.6 Å². The van der Waals surface area contributed by atoms with Crippen molar-refractivity contribution in [3.8, 4) is 5.75 Å². The molecule has 2 rings (SSSR count). The number of imidazole rings is 1. The predicted octanol–water partition coefficient (Wildman–Crippen LogP) is 1.91. The summed E-state index contributed by atoms with van der Waals surface area (Å²) in [6, 6.07) is 4.24. The van der Waals surface area contributed by atoms with Crippen molar-refractivity contribution in [3.05, 3.63) is 48.3 Å². The van der Waals surface area contributed by atoms with Crippen LogP contribution in [-0.2, 0) is 11.3 Å². The molecule has 0 aliphatic heterocycles. The largest absolute Gasteiger partial charge is 0.494 e. The molecule has 1 amide bonds. The van der Waals surface area contributed by atoms with Crippen molar-refractivity contribution in [2.45, 2.75) is 19.5 Å². The van der Waals surface area contributed by atoms with E-state index in [4.69, 9.17) is 4.74 Å². The van der Waals surface area contributed by atoms with Gasteiger partial charge in [0.15, 0.2) is 11.6 Å². The number of nitrogens with zero attached hydrogens (tertiary/aromatic N) is 2. The third-order valence-corrected chi connectivity index (χ3v) is 3.03. The summed E-state index contributed by atoms with van der Waals surface area (Å²) in [5.41, 5.74) is 0.675. The van der Waals surface area contributed by atoms with Crippen LogP contribution in [0.1, 0.15) is 18.5 Å². The van der Waals surface area contributed by atoms with Crippen LogP contribution in [0, 0.1) is 5.82 Å². The SMILES string of the molecule is COc1ccc(CNC(=O)C(C)n2ccnc2)cc1F. The number of hydrogen-bond acceptors (Lipinski definition) is 3. The van der Waals surface area contributed by atoms with Gasteiger partial charge >= 0.3 is 0 Å². The third kappa shape index (κ3) is 3.14. The number of ether oxygens (including phenoxy) is 1. The van der Waals surface area contributed by atoms with E-state index in [9.17, 15) is 9.18 Å². The summed E-state index contributed by atoms with van der Waals surface area (Å²) in [5, 5.41) is 2.76. The number of amides is 1. The molecule has 6 heteroatoms. The van der Waals surface area contributed by atoms with Gasteiger partial charge in [-0.3, -0.25) is 4.79 Å². The first-order valence-electron chi connectivity index (χ1n) is 6.19. The fraction of sp³-hybridized carbons (Fsp3) is 0.286. The van der Waals surface area contributed by atoms with Crippen LogP contribution in [0.5, 0.6) is 5.75 Å². The molecule has 0 spiro atoms. The molecule has 1 heterocycles. The summed E-state index contributed by atoms with van der Waals surface area (Å²) in [6.45, 7) is 2.03. The van der Waals surface area contributed by atoms with E-state index in [2.05, 4.69) is 10.3 Å². The molecule has 1 N–H and O–H groups in total. The zero-order valence-corrected chi connectivity index (χ0v) is 11.3. The Balaban J connectivity index is 1.95. The van der Waals surface area contributed by atoms with E-state index in [-0.39, 0.29) is 24.2 Å². The quantitative estimate of drug-likeness (QED) is 0.908. The summed E-state index contributed by atoms with van der Waals surface area (Å²) in [6.07, 6.45) is 4.91. The highest BCUT2D eigenvalue weighted by Crippen LogP contribution is 2.17. The van der Waals surface area contributed by atoms with Crippen LogP contribution in [-0.4, -0.2) is 22.6 Å². The fourth-order valence-electron chi connectivity index (χ4n) is 1.79. The van der Waals surface area contributed by atoms with Gasteiger partial charge < -0.3 is 14.6 Å². The molecule has 0 aliphatic carbocycles. The van der Waals surface area contributed by atoms with Gasteiger partial charge in [0.1, 0.15) is 6.04 Å². The van der Waals surface area contributed by atoms with E-state index >= 15 is 0 Å². The maximum absolute atomic E-state index is 13.5. The minimum absolute atomic E-state index is 0.153.